The zero-order valence-corrected chi connectivity index (χ0v) is 33.3. The maximum absolute atomic E-state index is 12.2. The van der Waals surface area contributed by atoms with Gasteiger partial charge in [-0.25, -0.2) is 4.57 Å². The van der Waals surface area contributed by atoms with Gasteiger partial charge in [0.1, 0.15) is 31.3 Å². The highest BCUT2D eigenvalue weighted by molar-refractivity contribution is 7.47. The number of esters is 2. The third kappa shape index (κ3) is 19.3. The van der Waals surface area contributed by atoms with Gasteiger partial charge >= 0.3 is 19.8 Å². The first kappa shape index (κ1) is 47.1. The molecule has 0 amide bonds. The van der Waals surface area contributed by atoms with Crippen LogP contribution in [0, 0.1) is 6.92 Å². The minimum Gasteiger partial charge on any atom is -0.497 e. The lowest BCUT2D eigenvalue weighted by Crippen LogP contribution is -2.30. The van der Waals surface area contributed by atoms with Gasteiger partial charge in [0.25, 0.3) is 12.9 Å². The molecule has 318 valence electrons. The molecule has 0 aliphatic rings. The van der Waals surface area contributed by atoms with E-state index in [-0.39, 0.29) is 78.5 Å². The SMILES string of the molecule is COc1cc(C)nc(/C=C/c2ccc(N(CCO)CCn3cc(COC(=O)CCCOCCOC(=O)CCCOP(=O)(O)OCC(COC=O)OC=O)nn3)cc2)c1. The number of aromatic nitrogens is 4. The summed E-state index contributed by atoms with van der Waals surface area (Å²) in [6, 6.07) is 11.7. The predicted molar refractivity (Wildman–Crippen MR) is 205 cm³/mol. The summed E-state index contributed by atoms with van der Waals surface area (Å²) in [7, 11) is -2.90. The van der Waals surface area contributed by atoms with Gasteiger partial charge in [0.2, 0.25) is 0 Å². The predicted octanol–water partition coefficient (Wildman–Crippen LogP) is 2.67. The monoisotopic (exact) mass is 835 g/mol. The molecular weight excluding hydrogens is 785 g/mol. The van der Waals surface area contributed by atoms with Gasteiger partial charge in [-0.15, -0.1) is 5.10 Å². The number of anilines is 1. The number of carbonyl (C=O) groups is 4. The van der Waals surface area contributed by atoms with E-state index in [1.165, 1.54) is 0 Å². The van der Waals surface area contributed by atoms with Gasteiger partial charge in [-0.1, -0.05) is 23.4 Å². The fraction of sp³-hybridized carbons (Fsp3) is 0.486. The van der Waals surface area contributed by atoms with Crippen molar-refractivity contribution >= 4 is 50.5 Å². The lowest BCUT2D eigenvalue weighted by molar-refractivity contribution is -0.145. The van der Waals surface area contributed by atoms with Crippen LogP contribution >= 0.6 is 7.82 Å². The van der Waals surface area contributed by atoms with E-state index in [0.29, 0.717) is 31.7 Å². The molecule has 0 radical (unpaired) electrons. The van der Waals surface area contributed by atoms with Gasteiger partial charge < -0.3 is 43.3 Å². The molecule has 2 atom stereocenters. The van der Waals surface area contributed by atoms with Crippen LogP contribution in [0.4, 0.5) is 5.69 Å². The number of phosphoric acid groups is 1. The Kier molecular flexibility index (Phi) is 21.6. The van der Waals surface area contributed by atoms with E-state index in [1.807, 2.05) is 60.4 Å². The number of benzene rings is 1. The highest BCUT2D eigenvalue weighted by atomic mass is 31.2. The van der Waals surface area contributed by atoms with Crippen LogP contribution in [-0.2, 0) is 69.6 Å². The Balaban J connectivity index is 1.24. The molecule has 0 aliphatic carbocycles. The summed E-state index contributed by atoms with van der Waals surface area (Å²) in [6.45, 7) is 2.53. The molecule has 2 heterocycles. The molecule has 0 aliphatic heterocycles. The van der Waals surface area contributed by atoms with Crippen molar-refractivity contribution in [2.45, 2.75) is 51.9 Å². The minimum atomic E-state index is -4.52. The van der Waals surface area contributed by atoms with Gasteiger partial charge in [0, 0.05) is 56.1 Å². The molecule has 2 unspecified atom stereocenters. The second-order valence-electron chi connectivity index (χ2n) is 12.3. The fourth-order valence-electron chi connectivity index (χ4n) is 4.97. The van der Waals surface area contributed by atoms with Gasteiger partial charge in [-0.2, -0.15) is 0 Å². The molecule has 0 saturated heterocycles. The summed E-state index contributed by atoms with van der Waals surface area (Å²) in [4.78, 5) is 61.0. The first-order valence-corrected chi connectivity index (χ1v) is 19.7. The highest BCUT2D eigenvalue weighted by Crippen LogP contribution is 2.43. The number of methoxy groups -OCH3 is 1. The maximum atomic E-state index is 12.2. The van der Waals surface area contributed by atoms with Crippen molar-refractivity contribution in [3.8, 4) is 5.75 Å². The molecule has 3 rings (SSSR count). The van der Waals surface area contributed by atoms with Crippen LogP contribution in [0.1, 0.15) is 48.3 Å². The number of phosphoric ester groups is 1. The standard InChI is InChI=1S/C37H50N5O15P/c1-29-21-34(50-2)22-31(38-29)10-7-30-8-11-33(12-9-30)41(15-16-43)13-14-42-23-32(39-40-42)24-54-37(47)5-3-17-51-19-20-53-36(46)6-4-18-56-58(48,49)57-26-35(55-28-45)25-52-27-44/h7-12,21-23,27-28,35,43H,3-6,13-20,24-26H2,1-2H3,(H,48,49)/b10-7+. The zero-order valence-electron chi connectivity index (χ0n) is 32.4. The Morgan fingerprint density at radius 3 is 2.41 bits per heavy atom. The number of rotatable bonds is 31. The van der Waals surface area contributed by atoms with E-state index in [1.54, 1.807) is 18.0 Å². The Bertz CT molecular complexity index is 1780. The van der Waals surface area contributed by atoms with Crippen molar-refractivity contribution in [2.75, 3.05) is 71.3 Å². The van der Waals surface area contributed by atoms with E-state index < -0.39 is 32.5 Å². The lowest BCUT2D eigenvalue weighted by Gasteiger charge is -2.24. The number of aliphatic hydroxyl groups excluding tert-OH is 1. The largest absolute Gasteiger partial charge is 0.497 e. The summed E-state index contributed by atoms with van der Waals surface area (Å²) in [5.74, 6) is -0.271. The molecule has 0 saturated carbocycles. The van der Waals surface area contributed by atoms with Gasteiger partial charge in [-0.3, -0.25) is 37.9 Å². The third-order valence-corrected chi connectivity index (χ3v) is 8.77. The van der Waals surface area contributed by atoms with Gasteiger partial charge in [-0.05, 0) is 43.5 Å². The molecule has 20 nitrogen and oxygen atoms in total. The maximum Gasteiger partial charge on any atom is 0.472 e. The first-order valence-electron chi connectivity index (χ1n) is 18.2. The number of aryl methyl sites for hydroxylation is 1. The van der Waals surface area contributed by atoms with Crippen molar-refractivity contribution in [1.29, 1.82) is 0 Å². The van der Waals surface area contributed by atoms with Crippen LogP contribution in [0.3, 0.4) is 0 Å². The normalized spacial score (nSPS) is 12.7. The molecule has 58 heavy (non-hydrogen) atoms. The molecule has 2 N–H and O–H groups in total. The molecule has 3 aromatic rings. The Morgan fingerprint density at radius 1 is 0.931 bits per heavy atom. The summed E-state index contributed by atoms with van der Waals surface area (Å²) in [6.07, 6.45) is 4.92. The van der Waals surface area contributed by atoms with Crippen LogP contribution in [0.5, 0.6) is 5.75 Å². The van der Waals surface area contributed by atoms with Crippen LogP contribution in [0.25, 0.3) is 12.2 Å². The molecule has 2 aromatic heterocycles. The second-order valence-corrected chi connectivity index (χ2v) is 13.7. The van der Waals surface area contributed by atoms with Gasteiger partial charge in [0.15, 0.2) is 6.10 Å². The summed E-state index contributed by atoms with van der Waals surface area (Å²) in [5, 5.41) is 17.9. The van der Waals surface area contributed by atoms with Crippen molar-refractivity contribution in [3.05, 3.63) is 65.2 Å². The average Bonchev–Trinajstić information content (AvgIpc) is 3.68. The summed E-state index contributed by atoms with van der Waals surface area (Å²) < 4.78 is 53.0. The van der Waals surface area contributed by atoms with Crippen molar-refractivity contribution in [2.24, 2.45) is 0 Å². The number of hydrogen-bond donors (Lipinski definition) is 2. The number of carbonyl (C=O) groups excluding carboxylic acids is 4. The number of hydrogen-bond acceptors (Lipinski definition) is 18. The van der Waals surface area contributed by atoms with Crippen molar-refractivity contribution < 1.29 is 71.2 Å². The average molecular weight is 836 g/mol. The van der Waals surface area contributed by atoms with E-state index in [9.17, 15) is 33.7 Å². The van der Waals surface area contributed by atoms with Crippen LogP contribution in [0.2, 0.25) is 0 Å². The van der Waals surface area contributed by atoms with Crippen molar-refractivity contribution in [1.82, 2.24) is 20.0 Å². The van der Waals surface area contributed by atoms with Crippen LogP contribution < -0.4 is 9.64 Å². The topological polar surface area (TPSA) is 246 Å². The Hall–Kier alpha value is -5.24. The quantitative estimate of drug-likeness (QED) is 0.0311. The first-order chi connectivity index (χ1) is 28.0. The highest BCUT2D eigenvalue weighted by Gasteiger charge is 2.24. The van der Waals surface area contributed by atoms with Gasteiger partial charge in [0.05, 0.1) is 52.0 Å². The van der Waals surface area contributed by atoms with Crippen molar-refractivity contribution in [3.63, 3.8) is 0 Å². The van der Waals surface area contributed by atoms with E-state index in [4.69, 9.17) is 28.0 Å². The summed E-state index contributed by atoms with van der Waals surface area (Å²) >= 11 is 0. The molecule has 0 bridgehead atoms. The van der Waals surface area contributed by atoms with Crippen LogP contribution in [-0.4, -0.2) is 127 Å². The Labute approximate surface area is 335 Å². The lowest BCUT2D eigenvalue weighted by atomic mass is 10.1. The molecule has 21 heteroatoms. The fourth-order valence-corrected chi connectivity index (χ4v) is 5.76. The number of pyridine rings is 1. The number of nitrogens with zero attached hydrogens (tertiary/aromatic N) is 5. The molecule has 1 aromatic carbocycles. The van der Waals surface area contributed by atoms with Crippen LogP contribution in [0.15, 0.2) is 42.6 Å². The second kappa shape index (κ2) is 26.6. The molecule has 0 fully saturated rings. The third-order valence-electron chi connectivity index (χ3n) is 7.78. The molecular formula is C37H50N5O15P. The van der Waals surface area contributed by atoms with E-state index in [2.05, 4.69) is 24.8 Å². The Morgan fingerprint density at radius 2 is 1.69 bits per heavy atom. The molecule has 0 spiro atoms. The number of aliphatic hydroxyl groups is 1. The summed E-state index contributed by atoms with van der Waals surface area (Å²) in [5.41, 5.74) is 4.07. The number of ether oxygens (including phenoxy) is 6. The van der Waals surface area contributed by atoms with E-state index in [0.717, 1.165) is 28.4 Å². The van der Waals surface area contributed by atoms with E-state index >= 15 is 0 Å². The smallest absolute Gasteiger partial charge is 0.472 e. The minimum absolute atomic E-state index is 0.0260. The zero-order chi connectivity index (χ0) is 42.0.